The fourth-order valence-corrected chi connectivity index (χ4v) is 2.29. The molecule has 2 rings (SSSR count). The standard InChI is InChI=1S/C15H23N3O.ClH/c1-2-13-4-6-14(7-5-13)17-15(19)12-18-10-3-8-16-9-11-18;/h4-7,16H,2-3,8-12H2,1H3,(H,17,19);1H. The maximum atomic E-state index is 12.0. The summed E-state index contributed by atoms with van der Waals surface area (Å²) >= 11 is 0. The van der Waals surface area contributed by atoms with Crippen molar-refractivity contribution in [3.63, 3.8) is 0 Å². The number of amides is 1. The average Bonchev–Trinajstić information content (AvgIpc) is 2.68. The molecule has 0 atom stereocenters. The van der Waals surface area contributed by atoms with E-state index in [1.54, 1.807) is 0 Å². The molecule has 1 aliphatic rings. The molecule has 1 aromatic carbocycles. The number of aryl methyl sites for hydroxylation is 1. The summed E-state index contributed by atoms with van der Waals surface area (Å²) in [5.74, 6) is 0.0751. The Hall–Kier alpha value is -1.10. The molecule has 1 aromatic rings. The number of benzene rings is 1. The molecule has 0 radical (unpaired) electrons. The lowest BCUT2D eigenvalue weighted by atomic mass is 10.1. The summed E-state index contributed by atoms with van der Waals surface area (Å²) in [4.78, 5) is 14.2. The van der Waals surface area contributed by atoms with Crippen LogP contribution in [0.15, 0.2) is 24.3 Å². The van der Waals surface area contributed by atoms with E-state index in [0.717, 1.165) is 44.7 Å². The second-order valence-electron chi connectivity index (χ2n) is 4.98. The van der Waals surface area contributed by atoms with E-state index in [-0.39, 0.29) is 18.3 Å². The highest BCUT2D eigenvalue weighted by Gasteiger charge is 2.12. The fraction of sp³-hybridized carbons (Fsp3) is 0.533. The van der Waals surface area contributed by atoms with Crippen LogP contribution >= 0.6 is 12.4 Å². The summed E-state index contributed by atoms with van der Waals surface area (Å²) in [6.45, 7) is 6.57. The first-order valence-electron chi connectivity index (χ1n) is 7.10. The minimum Gasteiger partial charge on any atom is -0.325 e. The van der Waals surface area contributed by atoms with Crippen LogP contribution in [0.1, 0.15) is 18.9 Å². The Morgan fingerprint density at radius 3 is 2.70 bits per heavy atom. The van der Waals surface area contributed by atoms with Crippen molar-refractivity contribution in [2.45, 2.75) is 19.8 Å². The van der Waals surface area contributed by atoms with Crippen molar-refractivity contribution in [1.29, 1.82) is 0 Å². The molecular formula is C15H24ClN3O. The van der Waals surface area contributed by atoms with Crippen molar-refractivity contribution in [2.24, 2.45) is 0 Å². The van der Waals surface area contributed by atoms with Crippen LogP contribution in [0, 0.1) is 0 Å². The molecule has 1 fully saturated rings. The third-order valence-electron chi connectivity index (χ3n) is 3.45. The van der Waals surface area contributed by atoms with Crippen molar-refractivity contribution in [1.82, 2.24) is 10.2 Å². The highest BCUT2D eigenvalue weighted by atomic mass is 35.5. The molecule has 112 valence electrons. The van der Waals surface area contributed by atoms with Crippen LogP contribution in [-0.4, -0.2) is 43.5 Å². The molecule has 0 spiro atoms. The second-order valence-corrected chi connectivity index (χ2v) is 4.98. The molecule has 0 aliphatic carbocycles. The molecule has 2 N–H and O–H groups in total. The van der Waals surface area contributed by atoms with Crippen molar-refractivity contribution in [3.05, 3.63) is 29.8 Å². The lowest BCUT2D eigenvalue weighted by Gasteiger charge is -2.18. The van der Waals surface area contributed by atoms with E-state index in [4.69, 9.17) is 0 Å². The largest absolute Gasteiger partial charge is 0.325 e. The molecule has 1 amide bonds. The van der Waals surface area contributed by atoms with Crippen LogP contribution in [0.25, 0.3) is 0 Å². The number of nitrogens with zero attached hydrogens (tertiary/aromatic N) is 1. The Labute approximate surface area is 127 Å². The number of hydrogen-bond acceptors (Lipinski definition) is 3. The molecule has 1 aliphatic heterocycles. The number of rotatable bonds is 4. The van der Waals surface area contributed by atoms with Gasteiger partial charge in [-0.2, -0.15) is 0 Å². The zero-order chi connectivity index (χ0) is 13.5. The van der Waals surface area contributed by atoms with E-state index in [1.165, 1.54) is 5.56 Å². The van der Waals surface area contributed by atoms with Crippen LogP contribution < -0.4 is 10.6 Å². The molecule has 0 bridgehead atoms. The number of halogens is 1. The summed E-state index contributed by atoms with van der Waals surface area (Å²) in [7, 11) is 0. The zero-order valence-corrected chi connectivity index (χ0v) is 12.8. The van der Waals surface area contributed by atoms with Gasteiger partial charge in [0.05, 0.1) is 6.54 Å². The van der Waals surface area contributed by atoms with Crippen LogP contribution in [0.5, 0.6) is 0 Å². The number of carbonyl (C=O) groups excluding carboxylic acids is 1. The SMILES string of the molecule is CCc1ccc(NC(=O)CN2CCCNCC2)cc1.Cl. The first-order valence-corrected chi connectivity index (χ1v) is 7.10. The summed E-state index contributed by atoms with van der Waals surface area (Å²) < 4.78 is 0. The second kappa shape index (κ2) is 8.95. The number of hydrogen-bond donors (Lipinski definition) is 2. The van der Waals surface area contributed by atoms with E-state index in [0.29, 0.717) is 6.54 Å². The lowest BCUT2D eigenvalue weighted by Crippen LogP contribution is -2.35. The molecule has 0 saturated carbocycles. The minimum atomic E-state index is 0. The number of carbonyl (C=O) groups is 1. The summed E-state index contributed by atoms with van der Waals surface area (Å²) in [5, 5.41) is 6.30. The van der Waals surface area contributed by atoms with E-state index in [2.05, 4.69) is 34.6 Å². The normalized spacial score (nSPS) is 16.1. The predicted molar refractivity (Wildman–Crippen MR) is 85.6 cm³/mol. The van der Waals surface area contributed by atoms with Crippen molar-refractivity contribution in [3.8, 4) is 0 Å². The fourth-order valence-electron chi connectivity index (χ4n) is 2.29. The molecule has 1 saturated heterocycles. The monoisotopic (exact) mass is 297 g/mol. The van der Waals surface area contributed by atoms with Crippen molar-refractivity contribution in [2.75, 3.05) is 38.0 Å². The highest BCUT2D eigenvalue weighted by molar-refractivity contribution is 5.92. The van der Waals surface area contributed by atoms with Gasteiger partial charge in [0.1, 0.15) is 0 Å². The molecule has 0 aromatic heterocycles. The molecule has 20 heavy (non-hydrogen) atoms. The van der Waals surface area contributed by atoms with Gasteiger partial charge in [0, 0.05) is 18.8 Å². The van der Waals surface area contributed by atoms with Gasteiger partial charge >= 0.3 is 0 Å². The third-order valence-corrected chi connectivity index (χ3v) is 3.45. The van der Waals surface area contributed by atoms with Gasteiger partial charge in [0.2, 0.25) is 5.91 Å². The van der Waals surface area contributed by atoms with E-state index in [1.807, 2.05) is 12.1 Å². The number of nitrogens with one attached hydrogen (secondary N) is 2. The average molecular weight is 298 g/mol. The third kappa shape index (κ3) is 5.49. The topological polar surface area (TPSA) is 44.4 Å². The molecule has 0 unspecified atom stereocenters. The Balaban J connectivity index is 0.00000200. The van der Waals surface area contributed by atoms with E-state index in [9.17, 15) is 4.79 Å². The van der Waals surface area contributed by atoms with Gasteiger partial charge < -0.3 is 10.6 Å². The Morgan fingerprint density at radius 1 is 1.25 bits per heavy atom. The van der Waals surface area contributed by atoms with Gasteiger partial charge in [-0.1, -0.05) is 19.1 Å². The Kier molecular flexibility index (Phi) is 7.59. The maximum Gasteiger partial charge on any atom is 0.238 e. The summed E-state index contributed by atoms with van der Waals surface area (Å²) in [6.07, 6.45) is 2.13. The highest BCUT2D eigenvalue weighted by Crippen LogP contribution is 2.10. The molecule has 5 heteroatoms. The summed E-state index contributed by atoms with van der Waals surface area (Å²) in [6, 6.07) is 8.07. The van der Waals surface area contributed by atoms with Gasteiger partial charge in [-0.05, 0) is 43.6 Å². The van der Waals surface area contributed by atoms with Gasteiger partial charge in [-0.3, -0.25) is 9.69 Å². The first-order chi connectivity index (χ1) is 9.28. The quantitative estimate of drug-likeness (QED) is 0.892. The molecular weight excluding hydrogens is 274 g/mol. The zero-order valence-electron chi connectivity index (χ0n) is 12.0. The minimum absolute atomic E-state index is 0. The smallest absolute Gasteiger partial charge is 0.238 e. The first kappa shape index (κ1) is 17.0. The predicted octanol–water partition coefficient (Wildman–Crippen LogP) is 1.90. The van der Waals surface area contributed by atoms with E-state index < -0.39 is 0 Å². The van der Waals surface area contributed by atoms with Gasteiger partial charge in [-0.25, -0.2) is 0 Å². The maximum absolute atomic E-state index is 12.0. The summed E-state index contributed by atoms with van der Waals surface area (Å²) in [5.41, 5.74) is 2.17. The van der Waals surface area contributed by atoms with Crippen molar-refractivity contribution >= 4 is 24.0 Å². The van der Waals surface area contributed by atoms with Gasteiger partial charge in [0.25, 0.3) is 0 Å². The van der Waals surface area contributed by atoms with Crippen LogP contribution in [-0.2, 0) is 11.2 Å². The van der Waals surface area contributed by atoms with Crippen molar-refractivity contribution < 1.29 is 4.79 Å². The van der Waals surface area contributed by atoms with Crippen LogP contribution in [0.4, 0.5) is 5.69 Å². The van der Waals surface area contributed by atoms with Gasteiger partial charge in [-0.15, -0.1) is 12.4 Å². The van der Waals surface area contributed by atoms with Crippen LogP contribution in [0.3, 0.4) is 0 Å². The number of anilines is 1. The molecule has 4 nitrogen and oxygen atoms in total. The molecule has 1 heterocycles. The Bertz CT molecular complexity index is 400. The van der Waals surface area contributed by atoms with Gasteiger partial charge in [0.15, 0.2) is 0 Å². The lowest BCUT2D eigenvalue weighted by molar-refractivity contribution is -0.117. The Morgan fingerprint density at radius 2 is 2.00 bits per heavy atom. The van der Waals surface area contributed by atoms with E-state index >= 15 is 0 Å². The van der Waals surface area contributed by atoms with Crippen LogP contribution in [0.2, 0.25) is 0 Å².